The summed E-state index contributed by atoms with van der Waals surface area (Å²) in [5.41, 5.74) is 2.10. The number of ether oxygens (including phenoxy) is 1. The number of hydrogen-bond donors (Lipinski definition) is 1. The number of rotatable bonds is 5. The first-order chi connectivity index (χ1) is 14.5. The minimum absolute atomic E-state index is 0.0417. The molecule has 4 rings (SSSR count). The number of nitrogens with zero attached hydrogens (tertiary/aromatic N) is 3. The van der Waals surface area contributed by atoms with Crippen molar-refractivity contribution < 1.29 is 14.3 Å². The Bertz CT molecular complexity index is 1150. The van der Waals surface area contributed by atoms with Gasteiger partial charge in [0, 0.05) is 24.0 Å². The number of carbonyl (C=O) groups excluding carboxylic acids is 2. The third-order valence-electron chi connectivity index (χ3n) is 4.92. The van der Waals surface area contributed by atoms with Crippen LogP contribution in [0.3, 0.4) is 0 Å². The van der Waals surface area contributed by atoms with Crippen LogP contribution in [0.4, 0.5) is 11.4 Å². The largest absolute Gasteiger partial charge is 0.497 e. The van der Waals surface area contributed by atoms with Crippen LogP contribution in [0.1, 0.15) is 16.1 Å². The Morgan fingerprint density at radius 1 is 1.07 bits per heavy atom. The molecule has 1 aliphatic heterocycles. The predicted octanol–water partition coefficient (Wildman–Crippen LogP) is 2.09. The van der Waals surface area contributed by atoms with Gasteiger partial charge >= 0.3 is 0 Å². The second-order valence-corrected chi connectivity index (χ2v) is 6.82. The Labute approximate surface area is 172 Å². The van der Waals surface area contributed by atoms with Crippen molar-refractivity contribution in [3.8, 4) is 5.75 Å². The van der Waals surface area contributed by atoms with E-state index in [0.717, 1.165) is 22.4 Å². The van der Waals surface area contributed by atoms with Crippen LogP contribution in [0.25, 0.3) is 0 Å². The van der Waals surface area contributed by atoms with Crippen LogP contribution in [-0.4, -0.2) is 35.2 Å². The minimum atomic E-state index is -0.479. The lowest BCUT2D eigenvalue weighted by Gasteiger charge is -2.17. The van der Waals surface area contributed by atoms with E-state index in [1.165, 1.54) is 12.1 Å². The molecule has 8 nitrogen and oxygen atoms in total. The third kappa shape index (κ3) is 3.93. The summed E-state index contributed by atoms with van der Waals surface area (Å²) in [5, 5.41) is 6.80. The number of para-hydroxylation sites is 1. The average molecular weight is 404 g/mol. The van der Waals surface area contributed by atoms with Crippen molar-refractivity contribution in [1.82, 2.24) is 9.78 Å². The topological polar surface area (TPSA) is 93.5 Å². The highest BCUT2D eigenvalue weighted by atomic mass is 16.5. The molecular weight excluding hydrogens is 384 g/mol. The van der Waals surface area contributed by atoms with E-state index in [0.29, 0.717) is 18.0 Å². The third-order valence-corrected chi connectivity index (χ3v) is 4.92. The Kier molecular flexibility index (Phi) is 5.30. The Morgan fingerprint density at radius 3 is 2.60 bits per heavy atom. The van der Waals surface area contributed by atoms with Gasteiger partial charge in [-0.05, 0) is 48.4 Å². The Morgan fingerprint density at radius 2 is 1.83 bits per heavy atom. The van der Waals surface area contributed by atoms with Crippen LogP contribution in [0.5, 0.6) is 5.75 Å². The number of anilines is 2. The number of benzene rings is 2. The molecule has 0 fully saturated rings. The zero-order valence-electron chi connectivity index (χ0n) is 16.4. The lowest BCUT2D eigenvalue weighted by molar-refractivity contribution is -0.119. The first-order valence-electron chi connectivity index (χ1n) is 9.47. The van der Waals surface area contributed by atoms with E-state index in [-0.39, 0.29) is 18.1 Å². The SMILES string of the molecule is COc1ccc(NC(=O)c2ccc(=O)n(CC(=O)N3CCc4ccccc43)n2)cc1. The highest BCUT2D eigenvalue weighted by Gasteiger charge is 2.25. The van der Waals surface area contributed by atoms with E-state index in [4.69, 9.17) is 4.74 Å². The molecule has 1 N–H and O–H groups in total. The minimum Gasteiger partial charge on any atom is -0.497 e. The summed E-state index contributed by atoms with van der Waals surface area (Å²) >= 11 is 0. The van der Waals surface area contributed by atoms with Gasteiger partial charge in [-0.1, -0.05) is 18.2 Å². The van der Waals surface area contributed by atoms with Gasteiger partial charge in [-0.2, -0.15) is 5.10 Å². The molecule has 0 spiro atoms. The van der Waals surface area contributed by atoms with Crippen LogP contribution >= 0.6 is 0 Å². The number of aromatic nitrogens is 2. The first kappa shape index (κ1) is 19.4. The predicted molar refractivity (Wildman–Crippen MR) is 112 cm³/mol. The number of nitrogens with one attached hydrogen (secondary N) is 1. The summed E-state index contributed by atoms with van der Waals surface area (Å²) < 4.78 is 6.11. The normalized spacial score (nSPS) is 12.4. The second-order valence-electron chi connectivity index (χ2n) is 6.82. The quantitative estimate of drug-likeness (QED) is 0.703. The summed E-state index contributed by atoms with van der Waals surface area (Å²) in [4.78, 5) is 39.1. The highest BCUT2D eigenvalue weighted by Crippen LogP contribution is 2.27. The molecule has 2 heterocycles. The van der Waals surface area contributed by atoms with E-state index >= 15 is 0 Å². The number of amides is 2. The van der Waals surface area contributed by atoms with Gasteiger partial charge < -0.3 is 15.0 Å². The zero-order chi connectivity index (χ0) is 21.1. The fourth-order valence-corrected chi connectivity index (χ4v) is 3.36. The van der Waals surface area contributed by atoms with Gasteiger partial charge in [0.15, 0.2) is 0 Å². The first-order valence-corrected chi connectivity index (χ1v) is 9.47. The Balaban J connectivity index is 1.49. The lowest BCUT2D eigenvalue weighted by Crippen LogP contribution is -2.37. The molecule has 0 aliphatic carbocycles. The molecular formula is C22H20N4O4. The highest BCUT2D eigenvalue weighted by molar-refractivity contribution is 6.02. The second kappa shape index (κ2) is 8.20. The number of carbonyl (C=O) groups is 2. The summed E-state index contributed by atoms with van der Waals surface area (Å²) in [5.74, 6) is -0.0585. The van der Waals surface area contributed by atoms with Gasteiger partial charge in [-0.15, -0.1) is 0 Å². The van der Waals surface area contributed by atoms with Crippen LogP contribution in [0.2, 0.25) is 0 Å². The van der Waals surface area contributed by atoms with Crippen molar-refractivity contribution in [2.24, 2.45) is 0 Å². The molecule has 0 radical (unpaired) electrons. The molecule has 0 unspecified atom stereocenters. The van der Waals surface area contributed by atoms with Crippen molar-refractivity contribution in [3.63, 3.8) is 0 Å². The molecule has 1 aliphatic rings. The average Bonchev–Trinajstić information content (AvgIpc) is 3.20. The van der Waals surface area contributed by atoms with E-state index in [1.807, 2.05) is 24.3 Å². The van der Waals surface area contributed by atoms with E-state index in [9.17, 15) is 14.4 Å². The van der Waals surface area contributed by atoms with Crippen molar-refractivity contribution in [2.45, 2.75) is 13.0 Å². The molecule has 0 saturated carbocycles. The molecule has 152 valence electrons. The Hall–Kier alpha value is -3.94. The molecule has 30 heavy (non-hydrogen) atoms. The van der Waals surface area contributed by atoms with E-state index in [2.05, 4.69) is 10.4 Å². The summed E-state index contributed by atoms with van der Waals surface area (Å²) in [6.07, 6.45) is 0.772. The van der Waals surface area contributed by atoms with E-state index in [1.54, 1.807) is 36.3 Å². The smallest absolute Gasteiger partial charge is 0.276 e. The van der Waals surface area contributed by atoms with Gasteiger partial charge in [-0.25, -0.2) is 4.68 Å². The maximum absolute atomic E-state index is 12.8. The van der Waals surface area contributed by atoms with Crippen molar-refractivity contribution in [3.05, 3.63) is 82.3 Å². The van der Waals surface area contributed by atoms with Gasteiger partial charge in [-0.3, -0.25) is 14.4 Å². The summed E-state index contributed by atoms with van der Waals surface area (Å²) in [6.45, 7) is 0.321. The zero-order valence-corrected chi connectivity index (χ0v) is 16.4. The van der Waals surface area contributed by atoms with Crippen LogP contribution < -0.4 is 20.5 Å². The van der Waals surface area contributed by atoms with Crippen molar-refractivity contribution >= 4 is 23.2 Å². The van der Waals surface area contributed by atoms with Gasteiger partial charge in [0.2, 0.25) is 5.91 Å². The summed E-state index contributed by atoms with van der Waals surface area (Å²) in [6, 6.07) is 17.1. The number of methoxy groups -OCH3 is 1. The van der Waals surface area contributed by atoms with Crippen LogP contribution in [-0.2, 0) is 17.8 Å². The van der Waals surface area contributed by atoms with Gasteiger partial charge in [0.1, 0.15) is 18.0 Å². The molecule has 0 atom stereocenters. The van der Waals surface area contributed by atoms with E-state index < -0.39 is 11.5 Å². The molecule has 0 saturated heterocycles. The molecule has 3 aromatic rings. The molecule has 1 aromatic heterocycles. The maximum Gasteiger partial charge on any atom is 0.276 e. The fraction of sp³-hybridized carbons (Fsp3) is 0.182. The number of fused-ring (bicyclic) bond motifs is 1. The molecule has 2 amide bonds. The molecule has 8 heteroatoms. The molecule has 0 bridgehead atoms. The molecule has 2 aromatic carbocycles. The fourth-order valence-electron chi connectivity index (χ4n) is 3.36. The standard InChI is InChI=1S/C22H20N4O4/c1-30-17-8-6-16(7-9-17)23-22(29)18-10-11-20(27)26(24-18)14-21(28)25-13-12-15-4-2-3-5-19(15)25/h2-11H,12-14H2,1H3,(H,23,29). The van der Waals surface area contributed by atoms with Crippen LogP contribution in [0.15, 0.2) is 65.5 Å². The van der Waals surface area contributed by atoms with Gasteiger partial charge in [0.05, 0.1) is 7.11 Å². The lowest BCUT2D eigenvalue weighted by atomic mass is 10.2. The van der Waals surface area contributed by atoms with Gasteiger partial charge in [0.25, 0.3) is 11.5 Å². The monoisotopic (exact) mass is 404 g/mol. The van der Waals surface area contributed by atoms with Crippen LogP contribution in [0, 0.1) is 0 Å². The van der Waals surface area contributed by atoms with Crippen molar-refractivity contribution in [1.29, 1.82) is 0 Å². The van der Waals surface area contributed by atoms with Crippen molar-refractivity contribution in [2.75, 3.05) is 23.9 Å². The maximum atomic E-state index is 12.8. The summed E-state index contributed by atoms with van der Waals surface area (Å²) in [7, 11) is 1.56. The number of hydrogen-bond acceptors (Lipinski definition) is 5.